The van der Waals surface area contributed by atoms with E-state index in [2.05, 4.69) is 15.6 Å². The van der Waals surface area contributed by atoms with Crippen molar-refractivity contribution in [2.75, 3.05) is 7.11 Å². The minimum atomic E-state index is -0.558. The number of carbonyl (C=O) groups excluding carboxylic acids is 1. The zero-order valence-corrected chi connectivity index (χ0v) is 16.6. The van der Waals surface area contributed by atoms with Gasteiger partial charge < -0.3 is 9.84 Å². The molecule has 3 rings (SSSR count). The topological polar surface area (TPSA) is 106 Å². The SMILES string of the molecule is COc1ccc(O)c(/C(C)=N/NC(=O)c2nn(C(C)C)c(=O)c3ccccc23)c1. The monoisotopic (exact) mass is 394 g/mol. The average molecular weight is 394 g/mol. The minimum absolute atomic E-state index is 0.0123. The third-order valence-electron chi connectivity index (χ3n) is 4.45. The van der Waals surface area contributed by atoms with Crippen LogP contribution in [0.5, 0.6) is 11.5 Å². The van der Waals surface area contributed by atoms with Gasteiger partial charge in [0.15, 0.2) is 5.69 Å². The average Bonchev–Trinajstić information content (AvgIpc) is 2.72. The fourth-order valence-electron chi connectivity index (χ4n) is 2.90. The summed E-state index contributed by atoms with van der Waals surface area (Å²) in [6.45, 7) is 5.28. The number of phenols is 1. The smallest absolute Gasteiger partial charge is 0.292 e. The van der Waals surface area contributed by atoms with Crippen molar-refractivity contribution in [1.29, 1.82) is 0 Å². The van der Waals surface area contributed by atoms with Crippen molar-refractivity contribution < 1.29 is 14.6 Å². The molecule has 1 heterocycles. The molecule has 0 spiro atoms. The number of rotatable bonds is 5. The maximum absolute atomic E-state index is 12.8. The van der Waals surface area contributed by atoms with Gasteiger partial charge in [0.2, 0.25) is 0 Å². The van der Waals surface area contributed by atoms with Crippen molar-refractivity contribution in [2.45, 2.75) is 26.8 Å². The van der Waals surface area contributed by atoms with Crippen LogP contribution in [0.15, 0.2) is 52.4 Å². The Kier molecular flexibility index (Phi) is 5.63. The number of phenolic OH excluding ortho intramolecular Hbond substituents is 1. The molecule has 0 aliphatic rings. The molecule has 1 aromatic heterocycles. The zero-order chi connectivity index (χ0) is 21.1. The first-order valence-electron chi connectivity index (χ1n) is 9.07. The minimum Gasteiger partial charge on any atom is -0.507 e. The molecule has 0 atom stereocenters. The Bertz CT molecular complexity index is 1170. The van der Waals surface area contributed by atoms with E-state index in [4.69, 9.17) is 4.74 Å². The third-order valence-corrected chi connectivity index (χ3v) is 4.45. The van der Waals surface area contributed by atoms with Crippen LogP contribution in [-0.2, 0) is 0 Å². The van der Waals surface area contributed by atoms with Crippen LogP contribution >= 0.6 is 0 Å². The number of aromatic hydroxyl groups is 1. The quantitative estimate of drug-likeness (QED) is 0.511. The second-order valence-corrected chi connectivity index (χ2v) is 6.76. The first-order valence-corrected chi connectivity index (χ1v) is 9.07. The van der Waals surface area contributed by atoms with E-state index in [0.717, 1.165) is 0 Å². The molecule has 0 saturated carbocycles. The number of benzene rings is 2. The maximum atomic E-state index is 12.8. The van der Waals surface area contributed by atoms with Gasteiger partial charge in [0.25, 0.3) is 11.5 Å². The summed E-state index contributed by atoms with van der Waals surface area (Å²) in [6, 6.07) is 11.3. The molecule has 29 heavy (non-hydrogen) atoms. The van der Waals surface area contributed by atoms with Gasteiger partial charge in [0, 0.05) is 10.9 Å². The standard InChI is InChI=1S/C21H22N4O4/c1-12(2)25-21(28)16-8-6-5-7-15(16)19(24-25)20(27)23-22-13(3)17-11-14(29-4)9-10-18(17)26/h5-12,26H,1-4H3,(H,23,27)/b22-13+. The van der Waals surface area contributed by atoms with E-state index in [1.54, 1.807) is 43.3 Å². The third kappa shape index (κ3) is 3.96. The van der Waals surface area contributed by atoms with Gasteiger partial charge in [-0.25, -0.2) is 10.1 Å². The summed E-state index contributed by atoms with van der Waals surface area (Å²) in [5.74, 6) is 0.00548. The number of methoxy groups -OCH3 is 1. The molecule has 2 N–H and O–H groups in total. The lowest BCUT2D eigenvalue weighted by Gasteiger charge is -2.13. The molecule has 150 valence electrons. The molecular formula is C21H22N4O4. The highest BCUT2D eigenvalue weighted by Crippen LogP contribution is 2.23. The van der Waals surface area contributed by atoms with Crippen molar-refractivity contribution >= 4 is 22.4 Å². The van der Waals surface area contributed by atoms with Crippen LogP contribution in [0.4, 0.5) is 0 Å². The van der Waals surface area contributed by atoms with E-state index in [-0.39, 0.29) is 23.0 Å². The van der Waals surface area contributed by atoms with Gasteiger partial charge in [-0.1, -0.05) is 18.2 Å². The molecule has 8 heteroatoms. The van der Waals surface area contributed by atoms with Crippen molar-refractivity contribution in [3.8, 4) is 11.5 Å². The van der Waals surface area contributed by atoms with Crippen LogP contribution in [0.2, 0.25) is 0 Å². The van der Waals surface area contributed by atoms with Crippen molar-refractivity contribution in [3.63, 3.8) is 0 Å². The predicted molar refractivity (Wildman–Crippen MR) is 111 cm³/mol. The van der Waals surface area contributed by atoms with Crippen molar-refractivity contribution in [1.82, 2.24) is 15.2 Å². The Balaban J connectivity index is 1.99. The van der Waals surface area contributed by atoms with Gasteiger partial charge in [0.05, 0.1) is 24.2 Å². The lowest BCUT2D eigenvalue weighted by atomic mass is 10.1. The molecule has 0 aliphatic carbocycles. The van der Waals surface area contributed by atoms with Crippen LogP contribution in [0.1, 0.15) is 42.9 Å². The second kappa shape index (κ2) is 8.14. The predicted octanol–water partition coefficient (Wildman–Crippen LogP) is 2.85. The van der Waals surface area contributed by atoms with E-state index in [9.17, 15) is 14.7 Å². The van der Waals surface area contributed by atoms with Gasteiger partial charge in [-0.05, 0) is 45.0 Å². The number of aromatic nitrogens is 2. The van der Waals surface area contributed by atoms with E-state index in [1.807, 2.05) is 13.8 Å². The van der Waals surface area contributed by atoms with E-state index >= 15 is 0 Å². The lowest BCUT2D eigenvalue weighted by Crippen LogP contribution is -2.30. The molecule has 0 bridgehead atoms. The highest BCUT2D eigenvalue weighted by molar-refractivity contribution is 6.06. The number of hydrogen-bond donors (Lipinski definition) is 2. The molecule has 0 fully saturated rings. The van der Waals surface area contributed by atoms with Gasteiger partial charge in [-0.2, -0.15) is 10.2 Å². The zero-order valence-electron chi connectivity index (χ0n) is 16.6. The molecule has 0 aliphatic heterocycles. The number of carbonyl (C=O) groups is 1. The van der Waals surface area contributed by atoms with Crippen LogP contribution in [0.25, 0.3) is 10.8 Å². The Morgan fingerprint density at radius 3 is 2.55 bits per heavy atom. The Morgan fingerprint density at radius 1 is 1.21 bits per heavy atom. The largest absolute Gasteiger partial charge is 0.507 e. The number of nitrogens with one attached hydrogen (secondary N) is 1. The van der Waals surface area contributed by atoms with Gasteiger partial charge >= 0.3 is 0 Å². The van der Waals surface area contributed by atoms with E-state index < -0.39 is 5.91 Å². The van der Waals surface area contributed by atoms with Gasteiger partial charge in [-0.15, -0.1) is 0 Å². The maximum Gasteiger partial charge on any atom is 0.292 e. The molecule has 0 radical (unpaired) electrons. The summed E-state index contributed by atoms with van der Waals surface area (Å²) in [5, 5.41) is 19.2. The fraction of sp³-hybridized carbons (Fsp3) is 0.238. The van der Waals surface area contributed by atoms with Crippen LogP contribution in [-0.4, -0.2) is 33.6 Å². The number of amides is 1. The molecular weight excluding hydrogens is 372 g/mol. The number of ether oxygens (including phenoxy) is 1. The first kappa shape index (κ1) is 20.1. The van der Waals surface area contributed by atoms with Crippen LogP contribution in [0, 0.1) is 0 Å². The molecule has 2 aromatic carbocycles. The highest BCUT2D eigenvalue weighted by Gasteiger charge is 2.18. The Hall–Kier alpha value is -3.68. The normalized spacial score (nSPS) is 11.7. The number of fused-ring (bicyclic) bond motifs is 1. The molecule has 0 unspecified atom stereocenters. The lowest BCUT2D eigenvalue weighted by molar-refractivity contribution is 0.0949. The molecule has 1 amide bonds. The summed E-state index contributed by atoms with van der Waals surface area (Å²) in [5.41, 5.74) is 3.11. The second-order valence-electron chi connectivity index (χ2n) is 6.76. The number of hydrogen-bond acceptors (Lipinski definition) is 6. The first-order chi connectivity index (χ1) is 13.8. The fourth-order valence-corrected chi connectivity index (χ4v) is 2.90. The highest BCUT2D eigenvalue weighted by atomic mass is 16.5. The summed E-state index contributed by atoms with van der Waals surface area (Å²) >= 11 is 0. The van der Waals surface area contributed by atoms with Crippen molar-refractivity contribution in [2.24, 2.45) is 5.10 Å². The number of hydrazone groups is 1. The summed E-state index contributed by atoms with van der Waals surface area (Å²) in [6.07, 6.45) is 0. The molecule has 3 aromatic rings. The molecule has 8 nitrogen and oxygen atoms in total. The van der Waals surface area contributed by atoms with Crippen LogP contribution < -0.4 is 15.7 Å². The molecule has 0 saturated heterocycles. The number of nitrogens with zero attached hydrogens (tertiary/aromatic N) is 3. The van der Waals surface area contributed by atoms with Gasteiger partial charge in [0.1, 0.15) is 11.5 Å². The summed E-state index contributed by atoms with van der Waals surface area (Å²) < 4.78 is 6.43. The van der Waals surface area contributed by atoms with Crippen LogP contribution in [0.3, 0.4) is 0 Å². The summed E-state index contributed by atoms with van der Waals surface area (Å²) in [4.78, 5) is 25.4. The van der Waals surface area contributed by atoms with Crippen molar-refractivity contribution in [3.05, 3.63) is 64.1 Å². The van der Waals surface area contributed by atoms with E-state index in [1.165, 1.54) is 17.9 Å². The Labute approximate surface area is 167 Å². The van der Waals surface area contributed by atoms with Gasteiger partial charge in [-0.3, -0.25) is 9.59 Å². The Morgan fingerprint density at radius 2 is 1.90 bits per heavy atom. The van der Waals surface area contributed by atoms with E-state index in [0.29, 0.717) is 27.8 Å². The summed E-state index contributed by atoms with van der Waals surface area (Å²) in [7, 11) is 1.52.